The Labute approximate surface area is 94.3 Å². The van der Waals surface area contributed by atoms with E-state index in [1.54, 1.807) is 14.2 Å². The molecule has 86 valence electrons. The van der Waals surface area contributed by atoms with Crippen molar-refractivity contribution in [3.63, 3.8) is 0 Å². The van der Waals surface area contributed by atoms with E-state index in [0.717, 1.165) is 12.2 Å². The highest BCUT2D eigenvalue weighted by atomic mass is 35.5. The molecule has 0 aliphatic rings. The summed E-state index contributed by atoms with van der Waals surface area (Å²) in [5.41, 5.74) is 0. The van der Waals surface area contributed by atoms with Gasteiger partial charge < -0.3 is 9.47 Å². The van der Waals surface area contributed by atoms with Crippen LogP contribution in [-0.4, -0.2) is 41.7 Å². The van der Waals surface area contributed by atoms with Gasteiger partial charge in [0.1, 0.15) is 5.82 Å². The van der Waals surface area contributed by atoms with Gasteiger partial charge >= 0.3 is 0 Å². The zero-order valence-electron chi connectivity index (χ0n) is 9.23. The normalized spacial score (nSPS) is 13.1. The van der Waals surface area contributed by atoms with Gasteiger partial charge in [0.15, 0.2) is 0 Å². The first-order valence-electron chi connectivity index (χ1n) is 4.82. The Hall–Kier alpha value is -0.650. The molecule has 1 rings (SSSR count). The van der Waals surface area contributed by atoms with Crippen molar-refractivity contribution in [2.24, 2.45) is 0 Å². The van der Waals surface area contributed by atoms with Crippen LogP contribution in [0.1, 0.15) is 12.7 Å². The van der Waals surface area contributed by atoms with Gasteiger partial charge in [-0.25, -0.2) is 0 Å². The maximum atomic E-state index is 5.92. The van der Waals surface area contributed by atoms with Crippen molar-refractivity contribution in [3.8, 4) is 0 Å². The van der Waals surface area contributed by atoms with E-state index in [0.29, 0.717) is 18.4 Å². The number of rotatable bonds is 6. The fourth-order valence-corrected chi connectivity index (χ4v) is 1.54. The summed E-state index contributed by atoms with van der Waals surface area (Å²) in [7, 11) is 3.29. The van der Waals surface area contributed by atoms with Gasteiger partial charge in [-0.3, -0.25) is 4.57 Å². The molecule has 0 fully saturated rings. The van der Waals surface area contributed by atoms with E-state index in [1.165, 1.54) is 0 Å². The number of aromatic nitrogens is 3. The third kappa shape index (κ3) is 3.15. The molecule has 15 heavy (non-hydrogen) atoms. The van der Waals surface area contributed by atoms with Crippen LogP contribution in [0.5, 0.6) is 0 Å². The van der Waals surface area contributed by atoms with Crippen LogP contribution in [0.25, 0.3) is 0 Å². The minimum absolute atomic E-state index is 0.0335. The summed E-state index contributed by atoms with van der Waals surface area (Å²) in [5.74, 6) is 0.859. The number of aryl methyl sites for hydroxylation is 1. The molecule has 0 spiro atoms. The van der Waals surface area contributed by atoms with Crippen molar-refractivity contribution in [1.29, 1.82) is 0 Å². The highest BCUT2D eigenvalue weighted by Gasteiger charge is 2.14. The van der Waals surface area contributed by atoms with E-state index in [4.69, 9.17) is 21.1 Å². The topological polar surface area (TPSA) is 49.2 Å². The molecule has 1 atom stereocenters. The lowest BCUT2D eigenvalue weighted by Crippen LogP contribution is -2.24. The first-order chi connectivity index (χ1) is 7.22. The Morgan fingerprint density at radius 3 is 2.67 bits per heavy atom. The first kappa shape index (κ1) is 12.4. The molecule has 0 saturated heterocycles. The molecule has 1 aromatic rings. The summed E-state index contributed by atoms with van der Waals surface area (Å²) in [6.07, 6.45) is 0.761. The molecule has 1 unspecified atom stereocenters. The van der Waals surface area contributed by atoms with Crippen molar-refractivity contribution in [1.82, 2.24) is 14.8 Å². The van der Waals surface area contributed by atoms with Gasteiger partial charge in [-0.15, -0.1) is 10.2 Å². The molecule has 0 radical (unpaired) electrons. The zero-order valence-corrected chi connectivity index (χ0v) is 9.99. The summed E-state index contributed by atoms with van der Waals surface area (Å²) >= 11 is 5.92. The van der Waals surface area contributed by atoms with Crippen LogP contribution in [0.4, 0.5) is 0 Å². The molecule has 0 N–H and O–H groups in total. The lowest BCUT2D eigenvalue weighted by Gasteiger charge is -2.16. The number of hydrogen-bond donors (Lipinski definition) is 0. The Morgan fingerprint density at radius 1 is 1.40 bits per heavy atom. The molecule has 0 aliphatic heterocycles. The van der Waals surface area contributed by atoms with Gasteiger partial charge in [-0.1, -0.05) is 6.92 Å². The lowest BCUT2D eigenvalue weighted by molar-refractivity contribution is 0.0179. The molecule has 0 amide bonds. The molecular weight excluding hydrogens is 218 g/mol. The van der Waals surface area contributed by atoms with Crippen molar-refractivity contribution in [3.05, 3.63) is 11.1 Å². The highest BCUT2D eigenvalue weighted by Crippen LogP contribution is 2.10. The van der Waals surface area contributed by atoms with Crippen LogP contribution in [0.2, 0.25) is 5.28 Å². The molecular formula is C9H16ClN3O2. The standard InChI is InChI=1S/C9H16ClN3O2/c1-4-8-11-12-9(10)13(8)5-7(15-3)6-14-2/h7H,4-6H2,1-3H3. The van der Waals surface area contributed by atoms with E-state index < -0.39 is 0 Å². The average Bonchev–Trinajstić information content (AvgIpc) is 2.59. The second kappa shape index (κ2) is 6.05. The summed E-state index contributed by atoms with van der Waals surface area (Å²) in [5, 5.41) is 8.18. The third-order valence-electron chi connectivity index (χ3n) is 2.17. The number of nitrogens with zero attached hydrogens (tertiary/aromatic N) is 3. The molecule has 1 aromatic heterocycles. The smallest absolute Gasteiger partial charge is 0.225 e. The second-order valence-electron chi connectivity index (χ2n) is 3.16. The number of methoxy groups -OCH3 is 2. The Bertz CT molecular complexity index is 304. The van der Waals surface area contributed by atoms with E-state index in [-0.39, 0.29) is 6.10 Å². The van der Waals surface area contributed by atoms with Gasteiger partial charge in [0.05, 0.1) is 19.3 Å². The predicted octanol–water partition coefficient (Wildman–Crippen LogP) is 1.16. The van der Waals surface area contributed by atoms with Crippen molar-refractivity contribution >= 4 is 11.6 Å². The summed E-state index contributed by atoms with van der Waals surface area (Å²) in [6.45, 7) is 3.14. The van der Waals surface area contributed by atoms with Crippen molar-refractivity contribution in [2.75, 3.05) is 20.8 Å². The fourth-order valence-electron chi connectivity index (χ4n) is 1.34. The molecule has 0 aliphatic carbocycles. The molecule has 5 nitrogen and oxygen atoms in total. The number of ether oxygens (including phenoxy) is 2. The quantitative estimate of drug-likeness (QED) is 0.740. The molecule has 6 heteroatoms. The van der Waals surface area contributed by atoms with Crippen molar-refractivity contribution < 1.29 is 9.47 Å². The predicted molar refractivity (Wildman–Crippen MR) is 57.1 cm³/mol. The number of hydrogen-bond acceptors (Lipinski definition) is 4. The summed E-state index contributed by atoms with van der Waals surface area (Å²) in [6, 6.07) is 0. The van der Waals surface area contributed by atoms with Crippen LogP contribution in [-0.2, 0) is 22.4 Å². The lowest BCUT2D eigenvalue weighted by atomic mass is 10.3. The fraction of sp³-hybridized carbons (Fsp3) is 0.778. The van der Waals surface area contributed by atoms with E-state index in [9.17, 15) is 0 Å². The zero-order chi connectivity index (χ0) is 11.3. The monoisotopic (exact) mass is 233 g/mol. The number of halogens is 1. The molecule has 1 heterocycles. The second-order valence-corrected chi connectivity index (χ2v) is 3.50. The van der Waals surface area contributed by atoms with E-state index >= 15 is 0 Å². The van der Waals surface area contributed by atoms with Gasteiger partial charge in [-0.2, -0.15) is 0 Å². The summed E-state index contributed by atoms with van der Waals surface area (Å²) < 4.78 is 12.1. The minimum atomic E-state index is -0.0335. The van der Waals surface area contributed by atoms with Crippen molar-refractivity contribution in [2.45, 2.75) is 26.0 Å². The van der Waals surface area contributed by atoms with Crippen LogP contribution >= 0.6 is 11.6 Å². The Morgan fingerprint density at radius 2 is 2.13 bits per heavy atom. The van der Waals surface area contributed by atoms with Crippen LogP contribution < -0.4 is 0 Å². The van der Waals surface area contributed by atoms with Crippen LogP contribution in [0.15, 0.2) is 0 Å². The van der Waals surface area contributed by atoms with Gasteiger partial charge in [0.2, 0.25) is 5.28 Å². The largest absolute Gasteiger partial charge is 0.382 e. The molecule has 0 bridgehead atoms. The van der Waals surface area contributed by atoms with Crippen LogP contribution in [0.3, 0.4) is 0 Å². The first-order valence-corrected chi connectivity index (χ1v) is 5.20. The molecule has 0 aromatic carbocycles. The molecule has 0 saturated carbocycles. The van der Waals surface area contributed by atoms with Crippen LogP contribution in [0, 0.1) is 0 Å². The Balaban J connectivity index is 2.72. The maximum absolute atomic E-state index is 5.92. The third-order valence-corrected chi connectivity index (χ3v) is 2.45. The van der Waals surface area contributed by atoms with Gasteiger partial charge in [0.25, 0.3) is 0 Å². The van der Waals surface area contributed by atoms with Gasteiger partial charge in [-0.05, 0) is 11.6 Å². The minimum Gasteiger partial charge on any atom is -0.382 e. The van der Waals surface area contributed by atoms with E-state index in [1.807, 2.05) is 11.5 Å². The SMILES string of the molecule is CCc1nnc(Cl)n1CC(COC)OC. The Kier molecular flexibility index (Phi) is 5.01. The van der Waals surface area contributed by atoms with Gasteiger partial charge in [0, 0.05) is 20.6 Å². The van der Waals surface area contributed by atoms with E-state index in [2.05, 4.69) is 10.2 Å². The summed E-state index contributed by atoms with van der Waals surface area (Å²) in [4.78, 5) is 0. The highest BCUT2D eigenvalue weighted by molar-refractivity contribution is 6.28. The maximum Gasteiger partial charge on any atom is 0.225 e. The average molecular weight is 234 g/mol.